The van der Waals surface area contributed by atoms with Crippen LogP contribution in [0.1, 0.15) is 57.7 Å². The Labute approximate surface area is 191 Å². The van der Waals surface area contributed by atoms with E-state index in [-0.39, 0.29) is 17.9 Å². The number of piperidine rings is 1. The number of nitrogens with zero attached hydrogens (tertiary/aromatic N) is 4. The highest BCUT2D eigenvalue weighted by Gasteiger charge is 2.28. The van der Waals surface area contributed by atoms with Crippen LogP contribution in [-0.4, -0.2) is 72.0 Å². The molecule has 0 saturated carbocycles. The number of aliphatic imine (C=N–C) groups is 1. The standard InChI is InChI=1S/C23H40N6OS/c1-5-21-26-20(16-31-21)14-28-10-7-18(8-11-28)13-25-23(24-6-2)27-19-9-12-29(15-19)22(30)17(3)4/h16-19H,5-15H2,1-4H3,(H2,24,25,27). The number of rotatable bonds is 8. The van der Waals surface area contributed by atoms with E-state index in [2.05, 4.69) is 34.8 Å². The number of hydrogen-bond acceptors (Lipinski definition) is 5. The van der Waals surface area contributed by atoms with Crippen LogP contribution in [0.4, 0.5) is 0 Å². The number of carbonyl (C=O) groups is 1. The highest BCUT2D eigenvalue weighted by molar-refractivity contribution is 7.09. The molecule has 2 fully saturated rings. The fourth-order valence-electron chi connectivity index (χ4n) is 4.32. The molecule has 0 bridgehead atoms. The van der Waals surface area contributed by atoms with Gasteiger partial charge in [0.25, 0.3) is 0 Å². The molecule has 2 N–H and O–H groups in total. The van der Waals surface area contributed by atoms with E-state index in [0.29, 0.717) is 5.92 Å². The third-order valence-corrected chi connectivity index (χ3v) is 7.22. The van der Waals surface area contributed by atoms with E-state index in [1.165, 1.54) is 23.5 Å². The molecule has 1 unspecified atom stereocenters. The van der Waals surface area contributed by atoms with E-state index >= 15 is 0 Å². The molecule has 3 rings (SSSR count). The van der Waals surface area contributed by atoms with E-state index in [1.54, 1.807) is 11.3 Å². The van der Waals surface area contributed by atoms with Crippen molar-refractivity contribution in [3.8, 4) is 0 Å². The van der Waals surface area contributed by atoms with Crippen molar-refractivity contribution in [3.63, 3.8) is 0 Å². The van der Waals surface area contributed by atoms with Gasteiger partial charge in [0, 0.05) is 50.1 Å². The van der Waals surface area contributed by atoms with Gasteiger partial charge in [-0.3, -0.25) is 14.7 Å². The van der Waals surface area contributed by atoms with Gasteiger partial charge in [0.05, 0.1) is 10.7 Å². The van der Waals surface area contributed by atoms with Crippen LogP contribution in [0.5, 0.6) is 0 Å². The van der Waals surface area contributed by atoms with Crippen LogP contribution in [0.3, 0.4) is 0 Å². The number of guanidine groups is 1. The molecule has 3 heterocycles. The molecule has 2 aliphatic heterocycles. The summed E-state index contributed by atoms with van der Waals surface area (Å²) in [6.07, 6.45) is 4.39. The molecule has 1 atom stereocenters. The number of nitrogens with one attached hydrogen (secondary N) is 2. The Morgan fingerprint density at radius 2 is 2.03 bits per heavy atom. The predicted molar refractivity (Wildman–Crippen MR) is 128 cm³/mol. The summed E-state index contributed by atoms with van der Waals surface area (Å²) in [6, 6.07) is 0.286. The summed E-state index contributed by atoms with van der Waals surface area (Å²) in [4.78, 5) is 26.3. The average molecular weight is 449 g/mol. The van der Waals surface area contributed by atoms with E-state index in [9.17, 15) is 4.79 Å². The quantitative estimate of drug-likeness (QED) is 0.473. The molecule has 31 heavy (non-hydrogen) atoms. The minimum absolute atomic E-state index is 0.0655. The molecule has 2 saturated heterocycles. The summed E-state index contributed by atoms with van der Waals surface area (Å²) >= 11 is 1.78. The summed E-state index contributed by atoms with van der Waals surface area (Å²) in [7, 11) is 0. The van der Waals surface area contributed by atoms with Crippen LogP contribution < -0.4 is 10.6 Å². The largest absolute Gasteiger partial charge is 0.357 e. The van der Waals surface area contributed by atoms with Gasteiger partial charge in [0.15, 0.2) is 5.96 Å². The second kappa shape index (κ2) is 11.8. The smallest absolute Gasteiger partial charge is 0.225 e. The Balaban J connectivity index is 1.43. The van der Waals surface area contributed by atoms with Crippen LogP contribution >= 0.6 is 11.3 Å². The third-order valence-electron chi connectivity index (χ3n) is 6.18. The first-order valence-corrected chi connectivity index (χ1v) is 12.9. The van der Waals surface area contributed by atoms with Gasteiger partial charge in [-0.15, -0.1) is 11.3 Å². The van der Waals surface area contributed by atoms with E-state index < -0.39 is 0 Å². The van der Waals surface area contributed by atoms with Crippen molar-refractivity contribution < 1.29 is 4.79 Å². The first-order valence-electron chi connectivity index (χ1n) is 12.0. The third kappa shape index (κ3) is 7.17. The Bertz CT molecular complexity index is 725. The number of thiazole rings is 1. The zero-order valence-electron chi connectivity index (χ0n) is 19.7. The number of aryl methyl sites for hydroxylation is 1. The maximum atomic E-state index is 12.2. The highest BCUT2D eigenvalue weighted by atomic mass is 32.1. The molecule has 1 aromatic heterocycles. The van der Waals surface area contributed by atoms with Crippen LogP contribution in [0, 0.1) is 11.8 Å². The average Bonchev–Trinajstić information content (AvgIpc) is 3.42. The molecular weight excluding hydrogens is 408 g/mol. The van der Waals surface area contributed by atoms with Gasteiger partial charge in [0.1, 0.15) is 0 Å². The summed E-state index contributed by atoms with van der Waals surface area (Å²) in [5.41, 5.74) is 1.22. The minimum atomic E-state index is 0.0655. The molecule has 8 heteroatoms. The molecule has 174 valence electrons. The van der Waals surface area contributed by atoms with Gasteiger partial charge in [-0.2, -0.15) is 0 Å². The molecule has 0 radical (unpaired) electrons. The lowest BCUT2D eigenvalue weighted by Gasteiger charge is -2.31. The second-order valence-electron chi connectivity index (χ2n) is 9.09. The first-order chi connectivity index (χ1) is 15.0. The molecule has 0 spiro atoms. The summed E-state index contributed by atoms with van der Waals surface area (Å²) in [6.45, 7) is 14.8. The van der Waals surface area contributed by atoms with Gasteiger partial charge in [-0.05, 0) is 51.6 Å². The first kappa shape index (κ1) is 24.0. The molecule has 2 aliphatic rings. The lowest BCUT2D eigenvalue weighted by Crippen LogP contribution is -2.45. The Hall–Kier alpha value is -1.67. The maximum absolute atomic E-state index is 12.2. The van der Waals surface area contributed by atoms with Gasteiger partial charge < -0.3 is 15.5 Å². The van der Waals surface area contributed by atoms with Gasteiger partial charge in [0.2, 0.25) is 5.91 Å². The SMILES string of the molecule is CCNC(=NCC1CCN(Cc2csc(CC)n2)CC1)NC1CCN(C(=O)C(C)C)C1. The second-order valence-corrected chi connectivity index (χ2v) is 10.0. The number of likely N-dealkylation sites (tertiary alicyclic amines) is 2. The van der Waals surface area contributed by atoms with Crippen molar-refractivity contribution in [2.45, 2.75) is 66.0 Å². The zero-order chi connectivity index (χ0) is 22.2. The fourth-order valence-corrected chi connectivity index (χ4v) is 5.05. The summed E-state index contributed by atoms with van der Waals surface area (Å²) in [5.74, 6) is 1.84. The molecule has 0 aromatic carbocycles. The van der Waals surface area contributed by atoms with Crippen molar-refractivity contribution in [2.75, 3.05) is 39.3 Å². The molecular formula is C23H40N6OS. The van der Waals surface area contributed by atoms with Crippen LogP contribution in [0.25, 0.3) is 0 Å². The Kier molecular flexibility index (Phi) is 9.14. The van der Waals surface area contributed by atoms with Gasteiger partial charge >= 0.3 is 0 Å². The van der Waals surface area contributed by atoms with Gasteiger partial charge in [-0.1, -0.05) is 20.8 Å². The molecule has 1 aromatic rings. The molecule has 7 nitrogen and oxygen atoms in total. The lowest BCUT2D eigenvalue weighted by molar-refractivity contribution is -0.133. The van der Waals surface area contributed by atoms with E-state index in [4.69, 9.17) is 9.98 Å². The monoisotopic (exact) mass is 448 g/mol. The molecule has 1 amide bonds. The van der Waals surface area contributed by atoms with Crippen molar-refractivity contribution in [3.05, 3.63) is 16.1 Å². The zero-order valence-corrected chi connectivity index (χ0v) is 20.5. The van der Waals surface area contributed by atoms with Gasteiger partial charge in [-0.25, -0.2) is 4.98 Å². The maximum Gasteiger partial charge on any atom is 0.225 e. The predicted octanol–water partition coefficient (Wildman–Crippen LogP) is 2.73. The van der Waals surface area contributed by atoms with E-state index in [0.717, 1.165) is 64.6 Å². The summed E-state index contributed by atoms with van der Waals surface area (Å²) < 4.78 is 0. The van der Waals surface area contributed by atoms with Crippen molar-refractivity contribution in [2.24, 2.45) is 16.8 Å². The Morgan fingerprint density at radius 1 is 1.26 bits per heavy atom. The number of hydrogen-bond donors (Lipinski definition) is 2. The molecule has 0 aliphatic carbocycles. The van der Waals surface area contributed by atoms with Crippen LogP contribution in [-0.2, 0) is 17.8 Å². The number of amides is 1. The fraction of sp³-hybridized carbons (Fsp3) is 0.783. The normalized spacial score (nSPS) is 21.1. The topological polar surface area (TPSA) is 72.9 Å². The van der Waals surface area contributed by atoms with E-state index in [1.807, 2.05) is 18.7 Å². The van der Waals surface area contributed by atoms with Crippen molar-refractivity contribution in [1.29, 1.82) is 0 Å². The van der Waals surface area contributed by atoms with Crippen molar-refractivity contribution in [1.82, 2.24) is 25.4 Å². The Morgan fingerprint density at radius 3 is 2.68 bits per heavy atom. The highest BCUT2D eigenvalue weighted by Crippen LogP contribution is 2.20. The lowest BCUT2D eigenvalue weighted by atomic mass is 9.97. The van der Waals surface area contributed by atoms with Crippen LogP contribution in [0.15, 0.2) is 10.4 Å². The number of carbonyl (C=O) groups excluding carboxylic acids is 1. The van der Waals surface area contributed by atoms with Crippen molar-refractivity contribution >= 4 is 23.2 Å². The minimum Gasteiger partial charge on any atom is -0.357 e. The van der Waals surface area contributed by atoms with Crippen LogP contribution in [0.2, 0.25) is 0 Å². The summed E-state index contributed by atoms with van der Waals surface area (Å²) in [5, 5.41) is 10.4. The number of aromatic nitrogens is 1.